The van der Waals surface area contributed by atoms with Crippen LogP contribution in [0.4, 0.5) is 5.69 Å². The minimum absolute atomic E-state index is 0.306. The van der Waals surface area contributed by atoms with E-state index < -0.39 is 5.38 Å². The van der Waals surface area contributed by atoms with Crippen molar-refractivity contribution >= 4 is 34.8 Å². The smallest absolute Gasteiger partial charge is 0.246 e. The van der Waals surface area contributed by atoms with Gasteiger partial charge in [0.05, 0.1) is 12.1 Å². The number of hydrogen-bond donors (Lipinski definition) is 1. The highest BCUT2D eigenvalue weighted by Crippen LogP contribution is 2.28. The Kier molecular flexibility index (Phi) is 4.88. The number of halogens is 2. The number of hydrogen-bond acceptors (Lipinski definition) is 2. The van der Waals surface area contributed by atoms with Crippen molar-refractivity contribution in [3.05, 3.63) is 59.1 Å². The first-order chi connectivity index (χ1) is 9.61. The highest BCUT2D eigenvalue weighted by atomic mass is 35.5. The van der Waals surface area contributed by atoms with Crippen molar-refractivity contribution in [2.75, 3.05) is 12.4 Å². The standard InChI is InChI=1S/C15H13Cl2NO2/c1-20-13-8-7-11(9-12(13)16)18-15(19)14(17)10-5-3-2-4-6-10/h2-9,14H,1H3,(H,18,19). The third-order valence-electron chi connectivity index (χ3n) is 2.74. The number of carbonyl (C=O) groups excluding carboxylic acids is 1. The summed E-state index contributed by atoms with van der Waals surface area (Å²) in [4.78, 5) is 12.1. The molecule has 0 aliphatic heterocycles. The molecular weight excluding hydrogens is 297 g/mol. The molecule has 0 aliphatic rings. The largest absolute Gasteiger partial charge is 0.495 e. The second-order valence-electron chi connectivity index (χ2n) is 4.11. The zero-order valence-electron chi connectivity index (χ0n) is 10.8. The van der Waals surface area contributed by atoms with Crippen LogP contribution in [0.25, 0.3) is 0 Å². The molecule has 0 heterocycles. The van der Waals surface area contributed by atoms with Crippen molar-refractivity contribution < 1.29 is 9.53 Å². The summed E-state index contributed by atoms with van der Waals surface area (Å²) < 4.78 is 5.05. The van der Waals surface area contributed by atoms with Crippen LogP contribution < -0.4 is 10.1 Å². The highest BCUT2D eigenvalue weighted by molar-refractivity contribution is 6.33. The molecule has 0 bridgehead atoms. The molecule has 1 atom stereocenters. The molecule has 104 valence electrons. The van der Waals surface area contributed by atoms with E-state index in [0.29, 0.717) is 16.5 Å². The Balaban J connectivity index is 2.10. The highest BCUT2D eigenvalue weighted by Gasteiger charge is 2.17. The quantitative estimate of drug-likeness (QED) is 0.857. The number of alkyl halides is 1. The summed E-state index contributed by atoms with van der Waals surface area (Å²) in [6.45, 7) is 0. The molecule has 0 radical (unpaired) electrons. The average Bonchev–Trinajstić information content (AvgIpc) is 2.47. The van der Waals surface area contributed by atoms with Gasteiger partial charge in [-0.3, -0.25) is 4.79 Å². The topological polar surface area (TPSA) is 38.3 Å². The number of benzene rings is 2. The van der Waals surface area contributed by atoms with Crippen LogP contribution >= 0.6 is 23.2 Å². The van der Waals surface area contributed by atoms with E-state index in [0.717, 1.165) is 5.56 Å². The van der Waals surface area contributed by atoms with Gasteiger partial charge in [-0.2, -0.15) is 0 Å². The summed E-state index contributed by atoms with van der Waals surface area (Å²) in [5.41, 5.74) is 1.31. The molecule has 0 saturated carbocycles. The molecule has 2 aromatic rings. The van der Waals surface area contributed by atoms with Crippen molar-refractivity contribution in [3.63, 3.8) is 0 Å². The van der Waals surface area contributed by atoms with Gasteiger partial charge in [0.2, 0.25) is 5.91 Å². The van der Waals surface area contributed by atoms with E-state index in [-0.39, 0.29) is 5.91 Å². The van der Waals surface area contributed by atoms with E-state index in [2.05, 4.69) is 5.32 Å². The van der Waals surface area contributed by atoms with Gasteiger partial charge in [-0.05, 0) is 23.8 Å². The van der Waals surface area contributed by atoms with Crippen molar-refractivity contribution in [1.29, 1.82) is 0 Å². The second kappa shape index (κ2) is 6.64. The van der Waals surface area contributed by atoms with Crippen LogP contribution in [-0.2, 0) is 4.79 Å². The van der Waals surface area contributed by atoms with Crippen LogP contribution in [0.1, 0.15) is 10.9 Å². The van der Waals surface area contributed by atoms with Gasteiger partial charge in [-0.25, -0.2) is 0 Å². The maximum atomic E-state index is 12.1. The van der Waals surface area contributed by atoms with Crippen LogP contribution in [0, 0.1) is 0 Å². The Morgan fingerprint density at radius 1 is 1.20 bits per heavy atom. The third kappa shape index (κ3) is 3.44. The molecule has 3 nitrogen and oxygen atoms in total. The first-order valence-corrected chi connectivity index (χ1v) is 6.76. The van der Waals surface area contributed by atoms with Gasteiger partial charge in [0, 0.05) is 5.69 Å². The summed E-state index contributed by atoms with van der Waals surface area (Å²) in [5.74, 6) is 0.245. The molecule has 1 amide bonds. The molecule has 0 spiro atoms. The first kappa shape index (κ1) is 14.7. The van der Waals surface area contributed by atoms with Crippen LogP contribution in [0.2, 0.25) is 5.02 Å². The maximum absolute atomic E-state index is 12.1. The lowest BCUT2D eigenvalue weighted by Gasteiger charge is -2.12. The fraction of sp³-hybridized carbons (Fsp3) is 0.133. The SMILES string of the molecule is COc1ccc(NC(=O)C(Cl)c2ccccc2)cc1Cl. The number of amides is 1. The number of methoxy groups -OCH3 is 1. The Hall–Kier alpha value is -1.71. The summed E-state index contributed by atoms with van der Waals surface area (Å²) in [6.07, 6.45) is 0. The van der Waals surface area contributed by atoms with Gasteiger partial charge in [0.1, 0.15) is 11.1 Å². The summed E-state index contributed by atoms with van der Waals surface area (Å²) >= 11 is 12.1. The number of rotatable bonds is 4. The van der Waals surface area contributed by atoms with E-state index >= 15 is 0 Å². The fourth-order valence-electron chi connectivity index (χ4n) is 1.72. The zero-order valence-corrected chi connectivity index (χ0v) is 12.3. The minimum atomic E-state index is -0.753. The number of nitrogens with one attached hydrogen (secondary N) is 1. The van der Waals surface area contributed by atoms with Crippen LogP contribution in [0.15, 0.2) is 48.5 Å². The van der Waals surface area contributed by atoms with Gasteiger partial charge >= 0.3 is 0 Å². The van der Waals surface area contributed by atoms with Crippen LogP contribution in [0.5, 0.6) is 5.75 Å². The fourth-order valence-corrected chi connectivity index (χ4v) is 2.18. The monoisotopic (exact) mass is 309 g/mol. The van der Waals surface area contributed by atoms with E-state index in [1.165, 1.54) is 7.11 Å². The predicted octanol–water partition coefficient (Wildman–Crippen LogP) is 4.27. The van der Waals surface area contributed by atoms with Gasteiger partial charge < -0.3 is 10.1 Å². The van der Waals surface area contributed by atoms with E-state index in [1.807, 2.05) is 18.2 Å². The summed E-state index contributed by atoms with van der Waals surface area (Å²) in [6, 6.07) is 14.2. The van der Waals surface area contributed by atoms with Gasteiger partial charge in [0.25, 0.3) is 0 Å². The van der Waals surface area contributed by atoms with Crippen molar-refractivity contribution in [2.24, 2.45) is 0 Å². The normalized spacial score (nSPS) is 11.8. The Labute approximate surface area is 127 Å². The molecule has 0 aliphatic carbocycles. The molecule has 0 fully saturated rings. The molecule has 0 saturated heterocycles. The molecular formula is C15H13Cl2NO2. The minimum Gasteiger partial charge on any atom is -0.495 e. The Morgan fingerprint density at radius 2 is 1.90 bits per heavy atom. The van der Waals surface area contributed by atoms with E-state index in [4.69, 9.17) is 27.9 Å². The Morgan fingerprint density at radius 3 is 2.50 bits per heavy atom. The van der Waals surface area contributed by atoms with Crippen molar-refractivity contribution in [2.45, 2.75) is 5.38 Å². The number of ether oxygens (including phenoxy) is 1. The third-order valence-corrected chi connectivity index (χ3v) is 3.49. The number of anilines is 1. The molecule has 0 aromatic heterocycles. The molecule has 20 heavy (non-hydrogen) atoms. The van der Waals surface area contributed by atoms with Crippen LogP contribution in [0.3, 0.4) is 0 Å². The lowest BCUT2D eigenvalue weighted by Crippen LogP contribution is -2.17. The first-order valence-electron chi connectivity index (χ1n) is 5.95. The molecule has 2 rings (SSSR count). The van der Waals surface area contributed by atoms with Gasteiger partial charge in [0.15, 0.2) is 0 Å². The van der Waals surface area contributed by atoms with E-state index in [1.54, 1.807) is 30.3 Å². The van der Waals surface area contributed by atoms with Crippen molar-refractivity contribution in [1.82, 2.24) is 0 Å². The molecule has 1 N–H and O–H groups in total. The summed E-state index contributed by atoms with van der Waals surface area (Å²) in [5, 5.41) is 2.40. The lowest BCUT2D eigenvalue weighted by molar-refractivity contribution is -0.116. The molecule has 2 aromatic carbocycles. The maximum Gasteiger partial charge on any atom is 0.246 e. The molecule has 1 unspecified atom stereocenters. The van der Waals surface area contributed by atoms with Crippen molar-refractivity contribution in [3.8, 4) is 5.75 Å². The zero-order chi connectivity index (χ0) is 14.5. The molecule has 5 heteroatoms. The Bertz CT molecular complexity index is 602. The van der Waals surface area contributed by atoms with Crippen LogP contribution in [-0.4, -0.2) is 13.0 Å². The van der Waals surface area contributed by atoms with Gasteiger partial charge in [-0.1, -0.05) is 41.9 Å². The predicted molar refractivity (Wildman–Crippen MR) is 81.7 cm³/mol. The number of carbonyl (C=O) groups is 1. The lowest BCUT2D eigenvalue weighted by atomic mass is 10.1. The average molecular weight is 310 g/mol. The second-order valence-corrected chi connectivity index (χ2v) is 4.96. The summed E-state index contributed by atoms with van der Waals surface area (Å²) in [7, 11) is 1.53. The van der Waals surface area contributed by atoms with Gasteiger partial charge in [-0.15, -0.1) is 11.6 Å². The van der Waals surface area contributed by atoms with E-state index in [9.17, 15) is 4.79 Å².